The average Bonchev–Trinajstić information content (AvgIpc) is 2.18. The van der Waals surface area contributed by atoms with Gasteiger partial charge in [0.25, 0.3) is 0 Å². The Kier molecular flexibility index (Phi) is 1.74. The van der Waals surface area contributed by atoms with E-state index < -0.39 is 0 Å². The normalized spacial score (nSPS) is 10.0. The highest BCUT2D eigenvalue weighted by atomic mass is 16.5. The third kappa shape index (κ3) is 1.23. The number of aromatic nitrogens is 4. The minimum Gasteiger partial charge on any atom is -0.362 e. The van der Waals surface area contributed by atoms with Gasteiger partial charge in [-0.25, -0.2) is 4.68 Å². The van der Waals surface area contributed by atoms with Gasteiger partial charge in [-0.3, -0.25) is 0 Å². The van der Waals surface area contributed by atoms with Gasteiger partial charge in [0, 0.05) is 7.11 Å². The molecular weight excluding hydrogens is 120 g/mol. The van der Waals surface area contributed by atoms with E-state index in [9.17, 15) is 0 Å². The molecule has 0 spiro atoms. The van der Waals surface area contributed by atoms with Gasteiger partial charge in [-0.1, -0.05) is 0 Å². The number of hydrogen-bond acceptors (Lipinski definition) is 4. The maximum Gasteiger partial charge on any atom is 0.150 e. The van der Waals surface area contributed by atoms with E-state index in [0.29, 0.717) is 6.73 Å². The Balaban J connectivity index is 2.69. The Hall–Kier alpha value is -0.970. The molecule has 0 unspecified atom stereocenters. The van der Waals surface area contributed by atoms with Crippen molar-refractivity contribution in [2.24, 2.45) is 0 Å². The molecule has 0 saturated carbocycles. The third-order valence-electron chi connectivity index (χ3n) is 0.962. The van der Waals surface area contributed by atoms with Gasteiger partial charge in [0.1, 0.15) is 6.73 Å². The monoisotopic (exact) mass is 128 g/mol. The van der Waals surface area contributed by atoms with Crippen molar-refractivity contribution in [3.05, 3.63) is 5.82 Å². The first-order chi connectivity index (χ1) is 4.34. The molecular formula is C4H8N4O. The van der Waals surface area contributed by atoms with Crippen molar-refractivity contribution in [1.82, 2.24) is 20.2 Å². The number of hydrogen-bond donors (Lipinski definition) is 0. The Morgan fingerprint density at radius 3 is 2.89 bits per heavy atom. The highest BCUT2D eigenvalue weighted by Gasteiger charge is 1.95. The number of tetrazole rings is 1. The van der Waals surface area contributed by atoms with Crippen LogP contribution in [-0.4, -0.2) is 27.3 Å². The molecule has 0 N–H and O–H groups in total. The van der Waals surface area contributed by atoms with Crippen LogP contribution in [0.5, 0.6) is 0 Å². The summed E-state index contributed by atoms with van der Waals surface area (Å²) >= 11 is 0. The lowest BCUT2D eigenvalue weighted by atomic mass is 10.7. The van der Waals surface area contributed by atoms with Crippen molar-refractivity contribution in [3.8, 4) is 0 Å². The van der Waals surface area contributed by atoms with E-state index in [2.05, 4.69) is 15.5 Å². The molecule has 1 rings (SSSR count). The van der Waals surface area contributed by atoms with Crippen LogP contribution in [0.3, 0.4) is 0 Å². The van der Waals surface area contributed by atoms with E-state index in [1.54, 1.807) is 11.8 Å². The van der Waals surface area contributed by atoms with Crippen molar-refractivity contribution in [2.75, 3.05) is 7.11 Å². The molecule has 0 aliphatic heterocycles. The SMILES string of the molecule is COCn1nnnc1C. The molecule has 0 aliphatic rings. The van der Waals surface area contributed by atoms with Gasteiger partial charge in [0.05, 0.1) is 0 Å². The Bertz CT molecular complexity index is 184. The number of nitrogens with zero attached hydrogens (tertiary/aromatic N) is 4. The van der Waals surface area contributed by atoms with Crippen LogP contribution in [0.25, 0.3) is 0 Å². The first-order valence-electron chi connectivity index (χ1n) is 2.56. The second kappa shape index (κ2) is 2.54. The first-order valence-corrected chi connectivity index (χ1v) is 2.56. The summed E-state index contributed by atoms with van der Waals surface area (Å²) in [6, 6.07) is 0. The van der Waals surface area contributed by atoms with Crippen molar-refractivity contribution in [1.29, 1.82) is 0 Å². The van der Waals surface area contributed by atoms with E-state index in [1.165, 1.54) is 0 Å². The molecule has 5 heteroatoms. The smallest absolute Gasteiger partial charge is 0.150 e. The van der Waals surface area contributed by atoms with Gasteiger partial charge in [-0.2, -0.15) is 0 Å². The lowest BCUT2D eigenvalue weighted by Crippen LogP contribution is -2.03. The maximum atomic E-state index is 4.79. The summed E-state index contributed by atoms with van der Waals surface area (Å²) in [6.45, 7) is 2.23. The topological polar surface area (TPSA) is 52.8 Å². The molecule has 5 nitrogen and oxygen atoms in total. The molecule has 9 heavy (non-hydrogen) atoms. The van der Waals surface area contributed by atoms with Crippen molar-refractivity contribution in [2.45, 2.75) is 13.7 Å². The number of rotatable bonds is 2. The van der Waals surface area contributed by atoms with Gasteiger partial charge in [-0.15, -0.1) is 5.10 Å². The lowest BCUT2D eigenvalue weighted by molar-refractivity contribution is 0.117. The maximum absolute atomic E-state index is 4.79. The van der Waals surface area contributed by atoms with Crippen molar-refractivity contribution in [3.63, 3.8) is 0 Å². The highest BCUT2D eigenvalue weighted by molar-refractivity contribution is 4.70. The first kappa shape index (κ1) is 6.15. The summed E-state index contributed by atoms with van der Waals surface area (Å²) in [5.41, 5.74) is 0. The van der Waals surface area contributed by atoms with Crippen LogP contribution < -0.4 is 0 Å². The molecule has 1 aromatic heterocycles. The predicted molar refractivity (Wildman–Crippen MR) is 29.6 cm³/mol. The largest absolute Gasteiger partial charge is 0.362 e. The molecule has 0 amide bonds. The predicted octanol–water partition coefficient (Wildman–Crippen LogP) is -0.415. The average molecular weight is 128 g/mol. The molecule has 0 aliphatic carbocycles. The summed E-state index contributed by atoms with van der Waals surface area (Å²) in [5.74, 6) is 0.761. The van der Waals surface area contributed by atoms with Crippen LogP contribution in [-0.2, 0) is 11.5 Å². The molecule has 1 heterocycles. The molecule has 0 atom stereocenters. The zero-order valence-corrected chi connectivity index (χ0v) is 5.40. The second-order valence-electron chi connectivity index (χ2n) is 1.64. The summed E-state index contributed by atoms with van der Waals surface area (Å²) in [6.07, 6.45) is 0. The third-order valence-corrected chi connectivity index (χ3v) is 0.962. The minimum absolute atomic E-state index is 0.416. The minimum atomic E-state index is 0.416. The van der Waals surface area contributed by atoms with Gasteiger partial charge in [-0.05, 0) is 17.4 Å². The second-order valence-corrected chi connectivity index (χ2v) is 1.64. The van der Waals surface area contributed by atoms with E-state index in [0.717, 1.165) is 5.82 Å². The van der Waals surface area contributed by atoms with E-state index >= 15 is 0 Å². The van der Waals surface area contributed by atoms with Crippen molar-refractivity contribution < 1.29 is 4.74 Å². The van der Waals surface area contributed by atoms with Crippen LogP contribution in [0.1, 0.15) is 5.82 Å². The van der Waals surface area contributed by atoms with Crippen LogP contribution in [0.4, 0.5) is 0 Å². The van der Waals surface area contributed by atoms with Crippen molar-refractivity contribution >= 4 is 0 Å². The molecule has 50 valence electrons. The quantitative estimate of drug-likeness (QED) is 0.543. The molecule has 0 aromatic carbocycles. The molecule has 1 aromatic rings. The lowest BCUT2D eigenvalue weighted by Gasteiger charge is -1.95. The highest BCUT2D eigenvalue weighted by Crippen LogP contribution is 1.86. The standard InChI is InChI=1S/C4H8N4O/c1-4-5-6-7-8(4)3-9-2/h3H2,1-2H3. The summed E-state index contributed by atoms with van der Waals surface area (Å²) in [5, 5.41) is 10.7. The number of aryl methyl sites for hydroxylation is 1. The van der Waals surface area contributed by atoms with E-state index in [1.807, 2.05) is 6.92 Å². The van der Waals surface area contributed by atoms with E-state index in [4.69, 9.17) is 4.74 Å². The Labute approximate surface area is 52.6 Å². The van der Waals surface area contributed by atoms with Crippen LogP contribution in [0.2, 0.25) is 0 Å². The molecule has 0 radical (unpaired) electrons. The number of methoxy groups -OCH3 is 1. The molecule has 0 saturated heterocycles. The fourth-order valence-electron chi connectivity index (χ4n) is 0.491. The van der Waals surface area contributed by atoms with Crippen LogP contribution in [0, 0.1) is 6.92 Å². The molecule has 0 bridgehead atoms. The Morgan fingerprint density at radius 1 is 1.67 bits per heavy atom. The zero-order chi connectivity index (χ0) is 6.69. The van der Waals surface area contributed by atoms with Crippen LogP contribution >= 0.6 is 0 Å². The fraction of sp³-hybridized carbons (Fsp3) is 0.750. The fourth-order valence-corrected chi connectivity index (χ4v) is 0.491. The summed E-state index contributed by atoms with van der Waals surface area (Å²) < 4.78 is 6.36. The van der Waals surface area contributed by atoms with Gasteiger partial charge < -0.3 is 4.74 Å². The summed E-state index contributed by atoms with van der Waals surface area (Å²) in [7, 11) is 1.60. The van der Waals surface area contributed by atoms with Gasteiger partial charge >= 0.3 is 0 Å². The summed E-state index contributed by atoms with van der Waals surface area (Å²) in [4.78, 5) is 0. The zero-order valence-electron chi connectivity index (χ0n) is 5.40. The van der Waals surface area contributed by atoms with E-state index in [-0.39, 0.29) is 0 Å². The van der Waals surface area contributed by atoms with Gasteiger partial charge in [0.15, 0.2) is 5.82 Å². The number of ether oxygens (including phenoxy) is 1. The van der Waals surface area contributed by atoms with Crippen LogP contribution in [0.15, 0.2) is 0 Å². The Morgan fingerprint density at radius 2 is 2.44 bits per heavy atom. The molecule has 0 fully saturated rings. The van der Waals surface area contributed by atoms with Gasteiger partial charge in [0.2, 0.25) is 0 Å².